The van der Waals surface area contributed by atoms with E-state index in [1.54, 1.807) is 11.8 Å². The SMILES string of the molecule is CC(=O)N1CCN(C(=O)CCC(C)(C)N)CC1. The van der Waals surface area contributed by atoms with Crippen molar-refractivity contribution >= 4 is 11.8 Å². The van der Waals surface area contributed by atoms with E-state index >= 15 is 0 Å². The van der Waals surface area contributed by atoms with Gasteiger partial charge in [-0.2, -0.15) is 0 Å². The number of carbonyl (C=O) groups is 2. The molecule has 2 N–H and O–H groups in total. The van der Waals surface area contributed by atoms with Gasteiger partial charge in [-0.3, -0.25) is 9.59 Å². The fourth-order valence-electron chi connectivity index (χ4n) is 1.86. The minimum atomic E-state index is -0.295. The Morgan fingerprint density at radius 2 is 1.59 bits per heavy atom. The molecule has 0 radical (unpaired) electrons. The van der Waals surface area contributed by atoms with E-state index in [-0.39, 0.29) is 17.4 Å². The van der Waals surface area contributed by atoms with Crippen molar-refractivity contribution in [2.24, 2.45) is 5.73 Å². The van der Waals surface area contributed by atoms with E-state index in [0.717, 1.165) is 0 Å². The first-order chi connectivity index (χ1) is 7.79. The molecule has 98 valence electrons. The van der Waals surface area contributed by atoms with E-state index in [1.165, 1.54) is 0 Å². The smallest absolute Gasteiger partial charge is 0.222 e. The lowest BCUT2D eigenvalue weighted by molar-refractivity contribution is -0.138. The van der Waals surface area contributed by atoms with Crippen LogP contribution in [0.5, 0.6) is 0 Å². The molecule has 0 aliphatic carbocycles. The van der Waals surface area contributed by atoms with Gasteiger partial charge < -0.3 is 15.5 Å². The molecule has 0 atom stereocenters. The molecular formula is C12H23N3O2. The van der Waals surface area contributed by atoms with Gasteiger partial charge in [0.15, 0.2) is 0 Å². The summed E-state index contributed by atoms with van der Waals surface area (Å²) in [7, 11) is 0. The maximum atomic E-state index is 11.9. The monoisotopic (exact) mass is 241 g/mol. The number of carbonyl (C=O) groups excluding carboxylic acids is 2. The van der Waals surface area contributed by atoms with Crippen LogP contribution in [-0.4, -0.2) is 53.3 Å². The lowest BCUT2D eigenvalue weighted by atomic mass is 9.99. The van der Waals surface area contributed by atoms with E-state index < -0.39 is 0 Å². The van der Waals surface area contributed by atoms with Crippen molar-refractivity contribution in [1.82, 2.24) is 9.80 Å². The molecule has 0 unspecified atom stereocenters. The highest BCUT2D eigenvalue weighted by Gasteiger charge is 2.23. The normalized spacial score (nSPS) is 17.2. The standard InChI is InChI=1S/C12H23N3O2/c1-10(16)14-6-8-15(9-7-14)11(17)4-5-12(2,3)13/h4-9,13H2,1-3H3. The maximum Gasteiger partial charge on any atom is 0.222 e. The molecule has 1 fully saturated rings. The van der Waals surface area contributed by atoms with Gasteiger partial charge >= 0.3 is 0 Å². The average molecular weight is 241 g/mol. The predicted molar refractivity (Wildman–Crippen MR) is 66.3 cm³/mol. The van der Waals surface area contributed by atoms with Gasteiger partial charge in [-0.25, -0.2) is 0 Å². The summed E-state index contributed by atoms with van der Waals surface area (Å²) in [6, 6.07) is 0. The fraction of sp³-hybridized carbons (Fsp3) is 0.833. The Bertz CT molecular complexity index is 289. The summed E-state index contributed by atoms with van der Waals surface area (Å²) < 4.78 is 0. The van der Waals surface area contributed by atoms with Crippen molar-refractivity contribution in [3.8, 4) is 0 Å². The van der Waals surface area contributed by atoms with Crippen molar-refractivity contribution in [1.29, 1.82) is 0 Å². The van der Waals surface area contributed by atoms with Crippen molar-refractivity contribution in [2.45, 2.75) is 39.2 Å². The van der Waals surface area contributed by atoms with Crippen LogP contribution in [0.2, 0.25) is 0 Å². The second-order valence-electron chi connectivity index (χ2n) is 5.38. The molecule has 17 heavy (non-hydrogen) atoms. The first kappa shape index (κ1) is 14.0. The lowest BCUT2D eigenvalue weighted by Crippen LogP contribution is -2.50. The molecular weight excluding hydrogens is 218 g/mol. The number of amides is 2. The van der Waals surface area contributed by atoms with Gasteiger partial charge in [-0.1, -0.05) is 0 Å². The number of piperazine rings is 1. The molecule has 1 aliphatic heterocycles. The largest absolute Gasteiger partial charge is 0.339 e. The third-order valence-corrected chi connectivity index (χ3v) is 3.06. The molecule has 0 saturated carbocycles. The molecule has 1 aliphatic rings. The van der Waals surface area contributed by atoms with Crippen LogP contribution in [0.15, 0.2) is 0 Å². The van der Waals surface area contributed by atoms with Gasteiger partial charge in [-0.15, -0.1) is 0 Å². The second kappa shape index (κ2) is 5.49. The van der Waals surface area contributed by atoms with Crippen molar-refractivity contribution in [3.05, 3.63) is 0 Å². The third-order valence-electron chi connectivity index (χ3n) is 3.06. The highest BCUT2D eigenvalue weighted by Crippen LogP contribution is 2.10. The summed E-state index contributed by atoms with van der Waals surface area (Å²) >= 11 is 0. The summed E-state index contributed by atoms with van der Waals surface area (Å²) in [5.74, 6) is 0.229. The number of rotatable bonds is 3. The summed E-state index contributed by atoms with van der Waals surface area (Å²) in [6.45, 7) is 7.99. The highest BCUT2D eigenvalue weighted by molar-refractivity contribution is 5.77. The molecule has 5 nitrogen and oxygen atoms in total. The number of hydrogen-bond donors (Lipinski definition) is 1. The van der Waals surface area contributed by atoms with Gasteiger partial charge in [0.05, 0.1) is 0 Å². The molecule has 5 heteroatoms. The van der Waals surface area contributed by atoms with E-state index in [0.29, 0.717) is 39.0 Å². The summed E-state index contributed by atoms with van der Waals surface area (Å²) in [5, 5.41) is 0. The molecule has 2 amide bonds. The van der Waals surface area contributed by atoms with Gasteiger partial charge in [0.2, 0.25) is 11.8 Å². The van der Waals surface area contributed by atoms with Crippen molar-refractivity contribution < 1.29 is 9.59 Å². The fourth-order valence-corrected chi connectivity index (χ4v) is 1.86. The molecule has 0 spiro atoms. The second-order valence-corrected chi connectivity index (χ2v) is 5.38. The Labute approximate surface area is 103 Å². The van der Waals surface area contributed by atoms with Crippen LogP contribution in [0.1, 0.15) is 33.6 Å². The van der Waals surface area contributed by atoms with Crippen molar-refractivity contribution in [3.63, 3.8) is 0 Å². The van der Waals surface area contributed by atoms with Gasteiger partial charge in [0, 0.05) is 45.1 Å². The van der Waals surface area contributed by atoms with E-state index in [2.05, 4.69) is 0 Å². The lowest BCUT2D eigenvalue weighted by Gasteiger charge is -2.34. The Hall–Kier alpha value is -1.10. The first-order valence-corrected chi connectivity index (χ1v) is 6.12. The summed E-state index contributed by atoms with van der Waals surface area (Å²) in [4.78, 5) is 26.6. The molecule has 1 heterocycles. The number of nitrogens with two attached hydrogens (primary N) is 1. The Morgan fingerprint density at radius 3 is 2.00 bits per heavy atom. The minimum Gasteiger partial charge on any atom is -0.339 e. The third kappa shape index (κ3) is 4.73. The summed E-state index contributed by atoms with van der Waals surface area (Å²) in [5.41, 5.74) is 5.56. The number of nitrogens with zero attached hydrogens (tertiary/aromatic N) is 2. The molecule has 0 aromatic heterocycles. The van der Waals surface area contributed by atoms with Gasteiger partial charge in [0.25, 0.3) is 0 Å². The molecule has 0 bridgehead atoms. The van der Waals surface area contributed by atoms with E-state index in [4.69, 9.17) is 5.73 Å². The van der Waals surface area contributed by atoms with Crippen molar-refractivity contribution in [2.75, 3.05) is 26.2 Å². The van der Waals surface area contributed by atoms with Crippen LogP contribution in [0.4, 0.5) is 0 Å². The first-order valence-electron chi connectivity index (χ1n) is 6.12. The van der Waals surface area contributed by atoms with Gasteiger partial charge in [-0.05, 0) is 20.3 Å². The molecule has 0 aromatic carbocycles. The zero-order valence-electron chi connectivity index (χ0n) is 11.0. The molecule has 1 rings (SSSR count). The minimum absolute atomic E-state index is 0.0835. The average Bonchev–Trinajstić information content (AvgIpc) is 2.25. The Balaban J connectivity index is 2.33. The van der Waals surface area contributed by atoms with Crippen LogP contribution in [-0.2, 0) is 9.59 Å². The van der Waals surface area contributed by atoms with Crippen LogP contribution >= 0.6 is 0 Å². The highest BCUT2D eigenvalue weighted by atomic mass is 16.2. The zero-order valence-corrected chi connectivity index (χ0v) is 11.0. The zero-order chi connectivity index (χ0) is 13.1. The summed E-state index contributed by atoms with van der Waals surface area (Å²) in [6.07, 6.45) is 1.18. The van der Waals surface area contributed by atoms with Crippen LogP contribution < -0.4 is 5.73 Å². The predicted octanol–water partition coefficient (Wildman–Crippen LogP) is 0.195. The molecule has 0 aromatic rings. The maximum absolute atomic E-state index is 11.9. The molecule has 1 saturated heterocycles. The Kier molecular flexibility index (Phi) is 4.51. The van der Waals surface area contributed by atoms with E-state index in [1.807, 2.05) is 18.7 Å². The van der Waals surface area contributed by atoms with Crippen LogP contribution in [0.25, 0.3) is 0 Å². The van der Waals surface area contributed by atoms with Gasteiger partial charge in [0.1, 0.15) is 0 Å². The quantitative estimate of drug-likeness (QED) is 0.767. The number of hydrogen-bond acceptors (Lipinski definition) is 3. The van der Waals surface area contributed by atoms with Crippen LogP contribution in [0.3, 0.4) is 0 Å². The van der Waals surface area contributed by atoms with E-state index in [9.17, 15) is 9.59 Å². The van der Waals surface area contributed by atoms with Crippen LogP contribution in [0, 0.1) is 0 Å². The Morgan fingerprint density at radius 1 is 1.12 bits per heavy atom. The topological polar surface area (TPSA) is 66.6 Å².